The molecule has 5 heteroatoms. The molecule has 180 valence electrons. The largest absolute Gasteiger partial charge is 0.573 e. The Balaban J connectivity index is 1.29. The molecule has 0 aromatic heterocycles. The van der Waals surface area contributed by atoms with Gasteiger partial charge in [0, 0.05) is 6.08 Å². The molecular formula is C28H36F3NO. The summed E-state index contributed by atoms with van der Waals surface area (Å²) in [4.78, 5) is 0. The first-order valence-corrected chi connectivity index (χ1v) is 12.5. The van der Waals surface area contributed by atoms with Gasteiger partial charge in [-0.1, -0.05) is 68.9 Å². The van der Waals surface area contributed by atoms with Gasteiger partial charge in [0.2, 0.25) is 0 Å². The summed E-state index contributed by atoms with van der Waals surface area (Å²) in [5, 5.41) is 8.47. The lowest BCUT2D eigenvalue weighted by Gasteiger charge is -2.32. The average Bonchev–Trinajstić information content (AvgIpc) is 2.81. The van der Waals surface area contributed by atoms with Gasteiger partial charge >= 0.3 is 6.36 Å². The standard InChI is InChI=1S/C28H36F3NO/c29-28(30,31)33-27-19-17-26(18-20-27)25-15-13-24(14-16-25)12-11-23-9-7-22(8-10-23)6-4-2-1-3-5-21-32/h1-3,5,17-20,22-25H,4,6-16H2/b2-1+,5-3+. The summed E-state index contributed by atoms with van der Waals surface area (Å²) in [5.74, 6) is 2.86. The number of alkyl halides is 3. The molecule has 2 saturated carbocycles. The van der Waals surface area contributed by atoms with Gasteiger partial charge < -0.3 is 4.74 Å². The van der Waals surface area contributed by atoms with Crippen LogP contribution in [0.5, 0.6) is 5.75 Å². The molecule has 33 heavy (non-hydrogen) atoms. The Bertz CT molecular complexity index is 790. The molecular weight excluding hydrogens is 423 g/mol. The van der Waals surface area contributed by atoms with Gasteiger partial charge in [-0.2, -0.15) is 5.26 Å². The number of nitriles is 1. The van der Waals surface area contributed by atoms with Crippen LogP contribution in [0.25, 0.3) is 0 Å². The van der Waals surface area contributed by atoms with Crippen LogP contribution < -0.4 is 4.74 Å². The van der Waals surface area contributed by atoms with Gasteiger partial charge in [0.15, 0.2) is 0 Å². The first-order chi connectivity index (χ1) is 15.9. The molecule has 0 radical (unpaired) electrons. The van der Waals surface area contributed by atoms with E-state index in [0.29, 0.717) is 5.92 Å². The van der Waals surface area contributed by atoms with Gasteiger partial charge in [-0.05, 0) is 79.9 Å². The van der Waals surface area contributed by atoms with Gasteiger partial charge in [-0.3, -0.25) is 0 Å². The van der Waals surface area contributed by atoms with Crippen LogP contribution in [-0.4, -0.2) is 6.36 Å². The minimum atomic E-state index is -4.63. The molecule has 2 fully saturated rings. The zero-order chi connectivity index (χ0) is 23.5. The lowest BCUT2D eigenvalue weighted by Crippen LogP contribution is -2.18. The van der Waals surface area contributed by atoms with E-state index >= 15 is 0 Å². The van der Waals surface area contributed by atoms with Gasteiger partial charge in [-0.25, -0.2) is 0 Å². The second-order valence-corrected chi connectivity index (χ2v) is 9.79. The molecule has 3 rings (SSSR count). The van der Waals surface area contributed by atoms with Crippen LogP contribution in [0.3, 0.4) is 0 Å². The second kappa shape index (κ2) is 12.9. The van der Waals surface area contributed by atoms with E-state index in [9.17, 15) is 13.2 Å². The number of allylic oxidation sites excluding steroid dienone is 4. The van der Waals surface area contributed by atoms with E-state index < -0.39 is 6.36 Å². The highest BCUT2D eigenvalue weighted by Crippen LogP contribution is 2.40. The molecule has 0 saturated heterocycles. The predicted molar refractivity (Wildman–Crippen MR) is 126 cm³/mol. The molecule has 0 spiro atoms. The fourth-order valence-corrected chi connectivity index (χ4v) is 5.61. The molecule has 1 aromatic rings. The maximum absolute atomic E-state index is 12.3. The lowest BCUT2D eigenvalue weighted by molar-refractivity contribution is -0.274. The SMILES string of the molecule is N#C/C=C/C=C/CCC1CCC(CCC2CCC(c3ccc(OC(F)(F)F)cc3)CC2)CC1. The van der Waals surface area contributed by atoms with E-state index in [4.69, 9.17) is 5.26 Å². The fraction of sp³-hybridized carbons (Fsp3) is 0.607. The first kappa shape index (κ1) is 25.4. The van der Waals surface area contributed by atoms with Crippen molar-refractivity contribution in [3.8, 4) is 11.8 Å². The monoisotopic (exact) mass is 459 g/mol. The summed E-state index contributed by atoms with van der Waals surface area (Å²) < 4.78 is 41.0. The Hall–Kier alpha value is -2.22. The van der Waals surface area contributed by atoms with Crippen LogP contribution in [-0.2, 0) is 0 Å². The molecule has 2 nitrogen and oxygen atoms in total. The van der Waals surface area contributed by atoms with Crippen LogP contribution in [0, 0.1) is 29.1 Å². The normalized spacial score (nSPS) is 26.5. The van der Waals surface area contributed by atoms with Crippen molar-refractivity contribution in [1.29, 1.82) is 5.26 Å². The molecule has 2 aliphatic carbocycles. The average molecular weight is 460 g/mol. The van der Waals surface area contributed by atoms with Crippen molar-refractivity contribution in [2.24, 2.45) is 17.8 Å². The third kappa shape index (κ3) is 9.27. The summed E-state index contributed by atoms with van der Waals surface area (Å²) in [5.41, 5.74) is 1.14. The van der Waals surface area contributed by atoms with E-state index in [2.05, 4.69) is 10.8 Å². The quantitative estimate of drug-likeness (QED) is 0.273. The van der Waals surface area contributed by atoms with Crippen molar-refractivity contribution in [1.82, 2.24) is 0 Å². The number of ether oxygens (including phenoxy) is 1. The summed E-state index contributed by atoms with van der Waals surface area (Å²) in [6.07, 6.45) is 18.0. The summed E-state index contributed by atoms with van der Waals surface area (Å²) >= 11 is 0. The van der Waals surface area contributed by atoms with Crippen molar-refractivity contribution in [2.45, 2.75) is 89.3 Å². The smallest absolute Gasteiger partial charge is 0.406 e. The van der Waals surface area contributed by atoms with Crippen LogP contribution >= 0.6 is 0 Å². The van der Waals surface area contributed by atoms with Gasteiger partial charge in [-0.15, -0.1) is 13.2 Å². The zero-order valence-corrected chi connectivity index (χ0v) is 19.4. The summed E-state index contributed by atoms with van der Waals surface area (Å²) in [6, 6.07) is 8.46. The van der Waals surface area contributed by atoms with E-state index in [0.717, 1.165) is 42.6 Å². The Morgan fingerprint density at radius 3 is 1.91 bits per heavy atom. The number of rotatable bonds is 9. The van der Waals surface area contributed by atoms with Crippen molar-refractivity contribution in [3.63, 3.8) is 0 Å². The molecule has 0 N–H and O–H groups in total. The Morgan fingerprint density at radius 1 is 0.818 bits per heavy atom. The van der Waals surface area contributed by atoms with Crippen molar-refractivity contribution in [3.05, 3.63) is 54.1 Å². The Kier molecular flexibility index (Phi) is 9.91. The minimum Gasteiger partial charge on any atom is -0.406 e. The lowest BCUT2D eigenvalue weighted by atomic mass is 9.74. The zero-order valence-electron chi connectivity index (χ0n) is 19.4. The molecule has 0 aliphatic heterocycles. The van der Waals surface area contributed by atoms with E-state index in [-0.39, 0.29) is 5.75 Å². The Labute approximate surface area is 196 Å². The number of halogens is 3. The number of hydrogen-bond donors (Lipinski definition) is 0. The van der Waals surface area contributed by atoms with Gasteiger partial charge in [0.25, 0.3) is 0 Å². The maximum atomic E-state index is 12.3. The second-order valence-electron chi connectivity index (χ2n) is 9.79. The summed E-state index contributed by atoms with van der Waals surface area (Å²) in [7, 11) is 0. The molecule has 0 bridgehead atoms. The van der Waals surface area contributed by atoms with Crippen LogP contribution in [0.15, 0.2) is 48.6 Å². The van der Waals surface area contributed by atoms with Crippen LogP contribution in [0.4, 0.5) is 13.2 Å². The van der Waals surface area contributed by atoms with Crippen molar-refractivity contribution >= 4 is 0 Å². The van der Waals surface area contributed by atoms with E-state index in [1.807, 2.05) is 12.1 Å². The van der Waals surface area contributed by atoms with Crippen molar-refractivity contribution in [2.75, 3.05) is 0 Å². The predicted octanol–water partition coefficient (Wildman–Crippen LogP) is 8.86. The Morgan fingerprint density at radius 2 is 1.36 bits per heavy atom. The number of benzene rings is 1. The summed E-state index contributed by atoms with van der Waals surface area (Å²) in [6.45, 7) is 0. The van der Waals surface area contributed by atoms with Gasteiger partial charge in [0.05, 0.1) is 6.07 Å². The molecule has 0 unspecified atom stereocenters. The molecule has 1 aromatic carbocycles. The molecule has 0 amide bonds. The van der Waals surface area contributed by atoms with Crippen molar-refractivity contribution < 1.29 is 17.9 Å². The highest BCUT2D eigenvalue weighted by molar-refractivity contribution is 5.29. The topological polar surface area (TPSA) is 33.0 Å². The molecule has 2 aliphatic rings. The van der Waals surface area contributed by atoms with E-state index in [1.165, 1.54) is 76.0 Å². The molecule has 0 atom stereocenters. The van der Waals surface area contributed by atoms with Crippen LogP contribution in [0.2, 0.25) is 0 Å². The van der Waals surface area contributed by atoms with Crippen LogP contribution in [0.1, 0.15) is 88.5 Å². The highest BCUT2D eigenvalue weighted by Gasteiger charge is 2.31. The fourth-order valence-electron chi connectivity index (χ4n) is 5.61. The third-order valence-electron chi connectivity index (χ3n) is 7.54. The maximum Gasteiger partial charge on any atom is 0.573 e. The third-order valence-corrected chi connectivity index (χ3v) is 7.54. The highest BCUT2D eigenvalue weighted by atomic mass is 19.4. The number of hydrogen-bond acceptors (Lipinski definition) is 2. The van der Waals surface area contributed by atoms with E-state index in [1.54, 1.807) is 18.2 Å². The molecule has 0 heterocycles. The first-order valence-electron chi connectivity index (χ1n) is 12.5. The number of nitrogens with zero attached hydrogens (tertiary/aromatic N) is 1. The minimum absolute atomic E-state index is 0.140. The van der Waals surface area contributed by atoms with Gasteiger partial charge in [0.1, 0.15) is 5.75 Å².